The summed E-state index contributed by atoms with van der Waals surface area (Å²) < 4.78 is 5.17. The molecule has 0 saturated heterocycles. The number of amidine groups is 1. The van der Waals surface area contributed by atoms with Gasteiger partial charge in [-0.25, -0.2) is 0 Å². The molecule has 0 atom stereocenters. The number of benzene rings is 1. The van der Waals surface area contributed by atoms with Gasteiger partial charge in [-0.1, -0.05) is 31.5 Å². The number of oxime groups is 1. The molecule has 20 heavy (non-hydrogen) atoms. The first kappa shape index (κ1) is 16.1. The van der Waals surface area contributed by atoms with Gasteiger partial charge in [-0.15, -0.1) is 0 Å². The maximum atomic E-state index is 8.71. The third kappa shape index (κ3) is 4.99. The van der Waals surface area contributed by atoms with Crippen LogP contribution in [0.4, 0.5) is 5.69 Å². The van der Waals surface area contributed by atoms with Crippen molar-refractivity contribution in [2.75, 3.05) is 19.0 Å². The van der Waals surface area contributed by atoms with E-state index in [9.17, 15) is 0 Å². The lowest BCUT2D eigenvalue weighted by atomic mass is 9.86. The second kappa shape index (κ2) is 7.62. The Balaban J connectivity index is 2.28. The third-order valence-electron chi connectivity index (χ3n) is 3.43. The molecule has 0 fully saturated rings. The normalized spacial score (nSPS) is 12.2. The molecule has 0 bridgehead atoms. The Morgan fingerprint density at radius 1 is 1.40 bits per heavy atom. The Labute approximate surface area is 120 Å². The first-order chi connectivity index (χ1) is 9.49. The van der Waals surface area contributed by atoms with Crippen LogP contribution in [0.1, 0.15) is 33.1 Å². The molecule has 1 aromatic rings. The van der Waals surface area contributed by atoms with Crippen LogP contribution in [0, 0.1) is 5.41 Å². The van der Waals surface area contributed by atoms with Crippen LogP contribution in [-0.4, -0.2) is 24.7 Å². The number of unbranched alkanes of at least 4 members (excludes halogenated alkanes) is 1. The lowest BCUT2D eigenvalue weighted by Gasteiger charge is -2.22. The molecule has 0 saturated carbocycles. The largest absolute Gasteiger partial charge is 0.497 e. The molecule has 1 rings (SSSR count). The van der Waals surface area contributed by atoms with Crippen LogP contribution < -0.4 is 15.8 Å². The number of rotatable bonds is 8. The van der Waals surface area contributed by atoms with Crippen LogP contribution in [0.15, 0.2) is 29.4 Å². The molecule has 0 unspecified atom stereocenters. The van der Waals surface area contributed by atoms with Crippen molar-refractivity contribution in [1.29, 1.82) is 0 Å². The molecule has 1 aromatic carbocycles. The van der Waals surface area contributed by atoms with Gasteiger partial charge in [-0.05, 0) is 25.0 Å². The molecule has 0 aliphatic rings. The molecule has 4 N–H and O–H groups in total. The summed E-state index contributed by atoms with van der Waals surface area (Å²) in [6.45, 7) is 4.86. The Hall–Kier alpha value is -1.91. The molecular formula is C15H25N3O2. The number of nitrogens with zero attached hydrogens (tertiary/aromatic N) is 1. The van der Waals surface area contributed by atoms with Gasteiger partial charge >= 0.3 is 0 Å². The topological polar surface area (TPSA) is 79.9 Å². The van der Waals surface area contributed by atoms with E-state index < -0.39 is 0 Å². The van der Waals surface area contributed by atoms with Crippen LogP contribution in [0.5, 0.6) is 5.75 Å². The van der Waals surface area contributed by atoms with E-state index in [1.807, 2.05) is 38.1 Å². The van der Waals surface area contributed by atoms with E-state index in [-0.39, 0.29) is 5.41 Å². The Bertz CT molecular complexity index is 444. The second-order valence-corrected chi connectivity index (χ2v) is 5.48. The zero-order valence-electron chi connectivity index (χ0n) is 12.5. The fourth-order valence-electron chi connectivity index (χ4n) is 1.92. The van der Waals surface area contributed by atoms with Crippen molar-refractivity contribution in [3.8, 4) is 5.75 Å². The van der Waals surface area contributed by atoms with Crippen LogP contribution >= 0.6 is 0 Å². The first-order valence-electron chi connectivity index (χ1n) is 6.85. The highest BCUT2D eigenvalue weighted by Gasteiger charge is 2.22. The van der Waals surface area contributed by atoms with Gasteiger partial charge in [0.2, 0.25) is 0 Å². The average molecular weight is 279 g/mol. The summed E-state index contributed by atoms with van der Waals surface area (Å²) in [5.41, 5.74) is 6.46. The molecule has 112 valence electrons. The van der Waals surface area contributed by atoms with Crippen LogP contribution in [-0.2, 0) is 0 Å². The monoisotopic (exact) mass is 279 g/mol. The molecule has 5 nitrogen and oxygen atoms in total. The maximum Gasteiger partial charge on any atom is 0.144 e. The van der Waals surface area contributed by atoms with Crippen LogP contribution in [0.3, 0.4) is 0 Å². The first-order valence-corrected chi connectivity index (χ1v) is 6.85. The number of nitrogens with two attached hydrogens (primary N) is 1. The van der Waals surface area contributed by atoms with Gasteiger partial charge in [0.05, 0.1) is 7.11 Å². The van der Waals surface area contributed by atoms with E-state index in [0.29, 0.717) is 5.84 Å². The molecule has 0 amide bonds. The third-order valence-corrected chi connectivity index (χ3v) is 3.43. The number of hydrogen-bond donors (Lipinski definition) is 3. The SMILES string of the molecule is COc1cccc(NCCCCC(C)(C)/C(N)=N/O)c1. The number of methoxy groups -OCH3 is 1. The van der Waals surface area contributed by atoms with E-state index in [0.717, 1.165) is 37.2 Å². The van der Waals surface area contributed by atoms with Gasteiger partial charge in [0, 0.05) is 23.7 Å². The van der Waals surface area contributed by atoms with Crippen molar-refractivity contribution in [3.05, 3.63) is 24.3 Å². The average Bonchev–Trinajstić information content (AvgIpc) is 2.46. The highest BCUT2D eigenvalue weighted by molar-refractivity contribution is 5.85. The van der Waals surface area contributed by atoms with Crippen molar-refractivity contribution in [2.45, 2.75) is 33.1 Å². The van der Waals surface area contributed by atoms with Crippen molar-refractivity contribution in [2.24, 2.45) is 16.3 Å². The van der Waals surface area contributed by atoms with Gasteiger partial charge < -0.3 is 21.0 Å². The van der Waals surface area contributed by atoms with Crippen LogP contribution in [0.25, 0.3) is 0 Å². The predicted molar refractivity (Wildman–Crippen MR) is 82.5 cm³/mol. The minimum Gasteiger partial charge on any atom is -0.497 e. The lowest BCUT2D eigenvalue weighted by molar-refractivity contribution is 0.304. The summed E-state index contributed by atoms with van der Waals surface area (Å²) >= 11 is 0. The molecule has 0 spiro atoms. The minimum absolute atomic E-state index is 0.259. The maximum absolute atomic E-state index is 8.71. The fraction of sp³-hybridized carbons (Fsp3) is 0.533. The summed E-state index contributed by atoms with van der Waals surface area (Å²) in [4.78, 5) is 0. The standard InChI is InChI=1S/C15H25N3O2/c1-15(2,14(16)18-19)9-4-5-10-17-12-7-6-8-13(11-12)20-3/h6-8,11,17,19H,4-5,9-10H2,1-3H3,(H2,16,18). The number of anilines is 1. The molecule has 5 heteroatoms. The fourth-order valence-corrected chi connectivity index (χ4v) is 1.92. The summed E-state index contributed by atoms with van der Waals surface area (Å²) in [5, 5.41) is 15.2. The van der Waals surface area contributed by atoms with Gasteiger partial charge in [0.1, 0.15) is 11.6 Å². The van der Waals surface area contributed by atoms with Gasteiger partial charge in [0.15, 0.2) is 0 Å². The van der Waals surface area contributed by atoms with Gasteiger partial charge in [-0.2, -0.15) is 0 Å². The summed E-state index contributed by atoms with van der Waals surface area (Å²) in [7, 11) is 1.66. The number of nitrogens with one attached hydrogen (secondary N) is 1. The quantitative estimate of drug-likeness (QED) is 0.225. The molecule has 0 radical (unpaired) electrons. The highest BCUT2D eigenvalue weighted by atomic mass is 16.5. The van der Waals surface area contributed by atoms with E-state index in [1.54, 1.807) is 7.11 Å². The molecule has 0 aliphatic carbocycles. The van der Waals surface area contributed by atoms with E-state index >= 15 is 0 Å². The smallest absolute Gasteiger partial charge is 0.144 e. The van der Waals surface area contributed by atoms with Crippen molar-refractivity contribution < 1.29 is 9.94 Å². The van der Waals surface area contributed by atoms with Crippen molar-refractivity contribution in [3.63, 3.8) is 0 Å². The van der Waals surface area contributed by atoms with Crippen molar-refractivity contribution >= 4 is 11.5 Å². The molecule has 0 aliphatic heterocycles. The Kier molecular flexibility index (Phi) is 6.15. The van der Waals surface area contributed by atoms with Gasteiger partial charge in [0.25, 0.3) is 0 Å². The summed E-state index contributed by atoms with van der Waals surface area (Å²) in [6.07, 6.45) is 2.93. The van der Waals surface area contributed by atoms with Crippen molar-refractivity contribution in [1.82, 2.24) is 0 Å². The second-order valence-electron chi connectivity index (χ2n) is 5.48. The van der Waals surface area contributed by atoms with Gasteiger partial charge in [-0.3, -0.25) is 0 Å². The van der Waals surface area contributed by atoms with E-state index in [1.165, 1.54) is 0 Å². The number of hydrogen-bond acceptors (Lipinski definition) is 4. The van der Waals surface area contributed by atoms with E-state index in [2.05, 4.69) is 10.5 Å². The van der Waals surface area contributed by atoms with Crippen LogP contribution in [0.2, 0.25) is 0 Å². The summed E-state index contributed by atoms with van der Waals surface area (Å²) in [6, 6.07) is 7.87. The Morgan fingerprint density at radius 3 is 2.80 bits per heavy atom. The predicted octanol–water partition coefficient (Wildman–Crippen LogP) is 3.05. The zero-order chi connectivity index (χ0) is 15.0. The number of ether oxygens (including phenoxy) is 1. The zero-order valence-corrected chi connectivity index (χ0v) is 12.5. The van der Waals surface area contributed by atoms with E-state index in [4.69, 9.17) is 15.7 Å². The minimum atomic E-state index is -0.259. The Morgan fingerprint density at radius 2 is 2.15 bits per heavy atom. The molecule has 0 aromatic heterocycles. The lowest BCUT2D eigenvalue weighted by Crippen LogP contribution is -2.31. The summed E-state index contributed by atoms with van der Waals surface area (Å²) in [5.74, 6) is 1.14. The highest BCUT2D eigenvalue weighted by Crippen LogP contribution is 2.23. The molecule has 0 heterocycles. The molecular weight excluding hydrogens is 254 g/mol.